The molecule has 3 rings (SSSR count). The second-order valence-corrected chi connectivity index (χ2v) is 5.56. The second kappa shape index (κ2) is 5.73. The maximum atomic E-state index is 12.8. The van der Waals surface area contributed by atoms with Gasteiger partial charge in [0.25, 0.3) is 11.5 Å². The first-order valence-corrected chi connectivity index (χ1v) is 7.36. The van der Waals surface area contributed by atoms with Crippen LogP contribution in [0.5, 0.6) is 5.75 Å². The first-order chi connectivity index (χ1) is 11.4. The molecular weight excluding hydrogens is 306 g/mol. The van der Waals surface area contributed by atoms with E-state index in [1.54, 1.807) is 62.6 Å². The number of carbonyl (C=O) groups excluding carboxylic acids is 1. The highest BCUT2D eigenvalue weighted by Crippen LogP contribution is 2.27. The van der Waals surface area contributed by atoms with Crippen molar-refractivity contribution in [3.8, 4) is 5.75 Å². The van der Waals surface area contributed by atoms with E-state index in [2.05, 4.69) is 0 Å². The number of pyridine rings is 1. The standard InChI is InChI=1S/C18H17N3O3/c1-20(12-9-7-11(19)8-10-12)17(23)15-16(22)13-5-3-4-6-14(13)21(2)18(15)24/h3-10,22H,19H2,1-2H3. The minimum absolute atomic E-state index is 0.254. The van der Waals surface area contributed by atoms with Gasteiger partial charge in [0, 0.05) is 30.9 Å². The van der Waals surface area contributed by atoms with E-state index in [9.17, 15) is 14.7 Å². The summed E-state index contributed by atoms with van der Waals surface area (Å²) in [5.41, 5.74) is 6.56. The van der Waals surface area contributed by atoms with Gasteiger partial charge in [0.15, 0.2) is 0 Å². The number of hydrogen-bond acceptors (Lipinski definition) is 4. The Labute approximate surface area is 138 Å². The van der Waals surface area contributed by atoms with Gasteiger partial charge in [-0.3, -0.25) is 9.59 Å². The number of nitrogen functional groups attached to an aromatic ring is 1. The largest absolute Gasteiger partial charge is 0.506 e. The zero-order valence-corrected chi connectivity index (χ0v) is 13.4. The molecule has 0 saturated carbocycles. The number of aromatic nitrogens is 1. The molecule has 0 radical (unpaired) electrons. The maximum absolute atomic E-state index is 12.8. The molecule has 0 aliphatic heterocycles. The number of carbonyl (C=O) groups is 1. The summed E-state index contributed by atoms with van der Waals surface area (Å²) in [4.78, 5) is 26.7. The molecule has 1 amide bonds. The number of nitrogens with two attached hydrogens (primary N) is 1. The van der Waals surface area contributed by atoms with Crippen molar-refractivity contribution in [3.63, 3.8) is 0 Å². The molecular formula is C18H17N3O3. The third kappa shape index (κ3) is 2.38. The fraction of sp³-hybridized carbons (Fsp3) is 0.111. The van der Waals surface area contributed by atoms with Gasteiger partial charge >= 0.3 is 0 Å². The molecule has 0 saturated heterocycles. The van der Waals surface area contributed by atoms with Gasteiger partial charge in [-0.25, -0.2) is 0 Å². The highest BCUT2D eigenvalue weighted by molar-refractivity contribution is 6.10. The van der Waals surface area contributed by atoms with Crippen LogP contribution < -0.4 is 16.2 Å². The Morgan fingerprint density at radius 2 is 1.75 bits per heavy atom. The molecule has 24 heavy (non-hydrogen) atoms. The summed E-state index contributed by atoms with van der Waals surface area (Å²) in [5, 5.41) is 10.9. The topological polar surface area (TPSA) is 88.6 Å². The van der Waals surface area contributed by atoms with Crippen molar-refractivity contribution in [2.45, 2.75) is 0 Å². The van der Waals surface area contributed by atoms with Crippen LogP contribution in [-0.2, 0) is 7.05 Å². The Balaban J connectivity index is 2.17. The Morgan fingerprint density at radius 1 is 1.12 bits per heavy atom. The average molecular weight is 323 g/mol. The monoisotopic (exact) mass is 323 g/mol. The molecule has 6 nitrogen and oxygen atoms in total. The number of amides is 1. The van der Waals surface area contributed by atoms with Crippen LogP contribution in [0.2, 0.25) is 0 Å². The SMILES string of the molecule is CN(C(=O)c1c(O)c2ccccc2n(C)c1=O)c1ccc(N)cc1. The lowest BCUT2D eigenvalue weighted by Crippen LogP contribution is -2.34. The first kappa shape index (κ1) is 15.6. The quantitative estimate of drug-likeness (QED) is 0.707. The third-order valence-electron chi connectivity index (χ3n) is 4.07. The van der Waals surface area contributed by atoms with Gasteiger partial charge in [-0.15, -0.1) is 0 Å². The van der Waals surface area contributed by atoms with Crippen molar-refractivity contribution < 1.29 is 9.90 Å². The summed E-state index contributed by atoms with van der Waals surface area (Å²) >= 11 is 0. The van der Waals surface area contributed by atoms with E-state index in [-0.39, 0.29) is 11.3 Å². The van der Waals surface area contributed by atoms with E-state index in [0.717, 1.165) is 0 Å². The fourth-order valence-electron chi connectivity index (χ4n) is 2.66. The molecule has 0 bridgehead atoms. The zero-order valence-electron chi connectivity index (χ0n) is 13.4. The van der Waals surface area contributed by atoms with Crippen molar-refractivity contribution in [3.05, 3.63) is 64.4 Å². The Bertz CT molecular complexity index is 991. The maximum Gasteiger partial charge on any atom is 0.267 e. The predicted octanol–water partition coefficient (Wildman–Crippen LogP) is 2.10. The number of nitrogens with zero attached hydrogens (tertiary/aromatic N) is 2. The molecule has 0 fully saturated rings. The molecule has 1 heterocycles. The molecule has 0 aliphatic rings. The number of anilines is 2. The number of benzene rings is 2. The van der Waals surface area contributed by atoms with Crippen LogP contribution in [0.1, 0.15) is 10.4 Å². The summed E-state index contributed by atoms with van der Waals surface area (Å²) in [6.07, 6.45) is 0. The lowest BCUT2D eigenvalue weighted by Gasteiger charge is -2.19. The van der Waals surface area contributed by atoms with E-state index in [0.29, 0.717) is 22.3 Å². The molecule has 122 valence electrons. The molecule has 3 N–H and O–H groups in total. The van der Waals surface area contributed by atoms with Gasteiger partial charge in [-0.1, -0.05) is 12.1 Å². The van der Waals surface area contributed by atoms with Crippen molar-refractivity contribution in [2.24, 2.45) is 7.05 Å². The van der Waals surface area contributed by atoms with Gasteiger partial charge in [0.05, 0.1) is 5.52 Å². The Morgan fingerprint density at radius 3 is 2.42 bits per heavy atom. The van der Waals surface area contributed by atoms with Crippen molar-refractivity contribution >= 4 is 28.2 Å². The lowest BCUT2D eigenvalue weighted by atomic mass is 10.1. The number of hydrogen-bond donors (Lipinski definition) is 2. The number of aryl methyl sites for hydroxylation is 1. The Kier molecular flexibility index (Phi) is 3.73. The minimum atomic E-state index is -0.580. The molecule has 2 aromatic carbocycles. The van der Waals surface area contributed by atoms with Crippen LogP contribution in [-0.4, -0.2) is 22.6 Å². The van der Waals surface area contributed by atoms with Gasteiger partial charge in [0.2, 0.25) is 0 Å². The van der Waals surface area contributed by atoms with Crippen LogP contribution >= 0.6 is 0 Å². The van der Waals surface area contributed by atoms with Gasteiger partial charge in [-0.05, 0) is 36.4 Å². The van der Waals surface area contributed by atoms with E-state index in [4.69, 9.17) is 5.73 Å². The first-order valence-electron chi connectivity index (χ1n) is 7.36. The predicted molar refractivity (Wildman–Crippen MR) is 94.4 cm³/mol. The number of para-hydroxylation sites is 1. The van der Waals surface area contributed by atoms with Crippen LogP contribution in [0.25, 0.3) is 10.9 Å². The molecule has 0 spiro atoms. The van der Waals surface area contributed by atoms with E-state index < -0.39 is 11.5 Å². The number of rotatable bonds is 2. The van der Waals surface area contributed by atoms with Crippen LogP contribution in [0, 0.1) is 0 Å². The molecule has 0 aliphatic carbocycles. The molecule has 1 aromatic heterocycles. The highest BCUT2D eigenvalue weighted by atomic mass is 16.3. The second-order valence-electron chi connectivity index (χ2n) is 5.56. The number of aromatic hydroxyl groups is 1. The third-order valence-corrected chi connectivity index (χ3v) is 4.07. The van der Waals surface area contributed by atoms with Crippen molar-refractivity contribution in [2.75, 3.05) is 17.7 Å². The number of fused-ring (bicyclic) bond motifs is 1. The van der Waals surface area contributed by atoms with Crippen LogP contribution in [0.3, 0.4) is 0 Å². The van der Waals surface area contributed by atoms with Crippen molar-refractivity contribution in [1.82, 2.24) is 4.57 Å². The molecule has 3 aromatic rings. The molecule has 0 unspecified atom stereocenters. The van der Waals surface area contributed by atoms with E-state index in [1.165, 1.54) is 9.47 Å². The van der Waals surface area contributed by atoms with E-state index >= 15 is 0 Å². The van der Waals surface area contributed by atoms with Crippen LogP contribution in [0.15, 0.2) is 53.3 Å². The zero-order chi connectivity index (χ0) is 17.4. The van der Waals surface area contributed by atoms with Crippen LogP contribution in [0.4, 0.5) is 11.4 Å². The van der Waals surface area contributed by atoms with Gasteiger partial charge in [-0.2, -0.15) is 0 Å². The molecule has 6 heteroatoms. The lowest BCUT2D eigenvalue weighted by molar-refractivity contribution is 0.0988. The smallest absolute Gasteiger partial charge is 0.267 e. The molecule has 0 atom stereocenters. The van der Waals surface area contributed by atoms with Crippen molar-refractivity contribution in [1.29, 1.82) is 0 Å². The minimum Gasteiger partial charge on any atom is -0.506 e. The summed E-state index contributed by atoms with van der Waals surface area (Å²) in [6.45, 7) is 0. The normalized spacial score (nSPS) is 10.8. The summed E-state index contributed by atoms with van der Waals surface area (Å²) in [5.74, 6) is -0.885. The Hall–Kier alpha value is -3.28. The highest BCUT2D eigenvalue weighted by Gasteiger charge is 2.24. The average Bonchev–Trinajstić information content (AvgIpc) is 2.60. The van der Waals surface area contributed by atoms with E-state index in [1.807, 2.05) is 0 Å². The fourth-order valence-corrected chi connectivity index (χ4v) is 2.66. The summed E-state index contributed by atoms with van der Waals surface area (Å²) in [6, 6.07) is 13.6. The summed E-state index contributed by atoms with van der Waals surface area (Å²) < 4.78 is 1.36. The van der Waals surface area contributed by atoms with Gasteiger partial charge in [0.1, 0.15) is 11.3 Å². The van der Waals surface area contributed by atoms with Gasteiger partial charge < -0.3 is 20.3 Å². The summed E-state index contributed by atoms with van der Waals surface area (Å²) in [7, 11) is 3.12.